The summed E-state index contributed by atoms with van der Waals surface area (Å²) in [4.78, 5) is 21.7. The van der Waals surface area contributed by atoms with Crippen LogP contribution >= 0.6 is 0 Å². The first-order chi connectivity index (χ1) is 16.4. The summed E-state index contributed by atoms with van der Waals surface area (Å²) in [5, 5.41) is 2.75. The summed E-state index contributed by atoms with van der Waals surface area (Å²) in [6, 6.07) is 10.5. The van der Waals surface area contributed by atoms with E-state index < -0.39 is 18.5 Å². The van der Waals surface area contributed by atoms with E-state index in [4.69, 9.17) is 9.47 Å². The maximum Gasteiger partial charge on any atom is 0.388 e. The fraction of sp³-hybridized carbons (Fsp3) is 0.500. The Morgan fingerprint density at radius 1 is 1.24 bits per heavy atom. The number of para-hydroxylation sites is 1. The molecule has 1 N–H and O–H groups in total. The molecule has 4 rings (SSSR count). The van der Waals surface area contributed by atoms with Crippen molar-refractivity contribution in [1.29, 1.82) is 0 Å². The Hall–Kier alpha value is -2.98. The second kappa shape index (κ2) is 10.5. The summed E-state index contributed by atoms with van der Waals surface area (Å²) < 4.78 is 40.9. The van der Waals surface area contributed by atoms with Gasteiger partial charge in [0.15, 0.2) is 0 Å². The third-order valence-electron chi connectivity index (χ3n) is 6.22. The van der Waals surface area contributed by atoms with Crippen LogP contribution in [0.5, 0.6) is 11.8 Å². The molecule has 2 saturated heterocycles. The number of ether oxygens (including phenoxy) is 3. The fourth-order valence-corrected chi connectivity index (χ4v) is 4.39. The molecule has 0 aliphatic carbocycles. The van der Waals surface area contributed by atoms with E-state index in [-0.39, 0.29) is 23.5 Å². The molecule has 2 fully saturated rings. The van der Waals surface area contributed by atoms with Gasteiger partial charge in [-0.1, -0.05) is 32.0 Å². The van der Waals surface area contributed by atoms with Crippen LogP contribution in [0.15, 0.2) is 36.4 Å². The topological polar surface area (TPSA) is 76.2 Å². The van der Waals surface area contributed by atoms with E-state index >= 15 is 0 Å². The van der Waals surface area contributed by atoms with Crippen molar-refractivity contribution >= 4 is 17.4 Å². The smallest absolute Gasteiger partial charge is 0.388 e. The molecule has 0 spiro atoms. The highest BCUT2D eigenvalue weighted by atomic mass is 19.3. The predicted molar refractivity (Wildman–Crippen MR) is 124 cm³/mol. The predicted octanol–water partition coefficient (Wildman–Crippen LogP) is 4.33. The summed E-state index contributed by atoms with van der Waals surface area (Å²) in [6.07, 6.45) is 0.789. The minimum Gasteiger partial charge on any atom is -0.481 e. The third-order valence-corrected chi connectivity index (χ3v) is 6.22. The van der Waals surface area contributed by atoms with Crippen molar-refractivity contribution in [2.24, 2.45) is 0 Å². The van der Waals surface area contributed by atoms with Gasteiger partial charge in [-0.05, 0) is 30.0 Å². The Morgan fingerprint density at radius 2 is 2.00 bits per heavy atom. The van der Waals surface area contributed by atoms with E-state index in [1.54, 1.807) is 4.90 Å². The lowest BCUT2D eigenvalue weighted by molar-refractivity contribution is -0.0572. The molecule has 34 heavy (non-hydrogen) atoms. The lowest BCUT2D eigenvalue weighted by Gasteiger charge is -2.36. The van der Waals surface area contributed by atoms with Gasteiger partial charge in [0.1, 0.15) is 5.69 Å². The van der Waals surface area contributed by atoms with Crippen LogP contribution in [0.25, 0.3) is 0 Å². The van der Waals surface area contributed by atoms with Crippen LogP contribution in [0.2, 0.25) is 0 Å². The Balaban J connectivity index is 1.65. The second-order valence-electron chi connectivity index (χ2n) is 8.73. The van der Waals surface area contributed by atoms with Gasteiger partial charge in [0.2, 0.25) is 11.8 Å². The van der Waals surface area contributed by atoms with Gasteiger partial charge in [0.05, 0.1) is 32.4 Å². The zero-order valence-electron chi connectivity index (χ0n) is 19.5. The van der Waals surface area contributed by atoms with E-state index in [9.17, 15) is 13.6 Å². The standard InChI is InChI=1S/C24H30F2N4O4/c1-15(2)18-6-4-5-7-20(18)30(16-10-11-29(12-16)17-13-33-14-17)24(31)27-19-8-9-21(32-3)28-22(19)34-23(25)26/h4-9,15-17,23H,10-14H2,1-3H3,(H,27,31). The quantitative estimate of drug-likeness (QED) is 0.611. The number of benzene rings is 1. The van der Waals surface area contributed by atoms with Crippen LogP contribution in [-0.2, 0) is 4.74 Å². The number of nitrogens with zero attached hydrogens (tertiary/aromatic N) is 3. The average Bonchev–Trinajstić information content (AvgIpc) is 3.22. The summed E-state index contributed by atoms with van der Waals surface area (Å²) in [5.41, 5.74) is 1.87. The number of alkyl halides is 2. The Morgan fingerprint density at radius 3 is 2.65 bits per heavy atom. The van der Waals surface area contributed by atoms with Gasteiger partial charge in [0, 0.05) is 24.8 Å². The van der Waals surface area contributed by atoms with Crippen LogP contribution in [-0.4, -0.2) is 68.0 Å². The molecule has 1 atom stereocenters. The van der Waals surface area contributed by atoms with E-state index in [0.29, 0.717) is 25.8 Å². The van der Waals surface area contributed by atoms with Crippen molar-refractivity contribution in [1.82, 2.24) is 9.88 Å². The molecule has 8 nitrogen and oxygen atoms in total. The molecule has 1 unspecified atom stereocenters. The molecule has 2 aliphatic rings. The number of carbonyl (C=O) groups is 1. The molecule has 184 valence electrons. The van der Waals surface area contributed by atoms with Crippen LogP contribution in [0.1, 0.15) is 31.7 Å². The highest BCUT2D eigenvalue weighted by Crippen LogP contribution is 2.34. The molecule has 2 aromatic rings. The summed E-state index contributed by atoms with van der Waals surface area (Å²) in [7, 11) is 1.37. The molecule has 0 radical (unpaired) electrons. The average molecular weight is 477 g/mol. The molecule has 3 heterocycles. The van der Waals surface area contributed by atoms with Gasteiger partial charge in [-0.25, -0.2) is 4.79 Å². The number of methoxy groups -OCH3 is 1. The first-order valence-electron chi connectivity index (χ1n) is 11.4. The van der Waals surface area contributed by atoms with Gasteiger partial charge in [-0.15, -0.1) is 0 Å². The molecule has 0 saturated carbocycles. The molecule has 2 amide bonds. The number of rotatable bonds is 8. The third kappa shape index (κ3) is 5.23. The van der Waals surface area contributed by atoms with Crippen molar-refractivity contribution in [2.45, 2.75) is 44.9 Å². The first-order valence-corrected chi connectivity index (χ1v) is 11.4. The number of urea groups is 1. The number of aromatic nitrogens is 1. The first kappa shape index (κ1) is 24.2. The minimum absolute atomic E-state index is 0.0420. The highest BCUT2D eigenvalue weighted by Gasteiger charge is 2.38. The maximum atomic E-state index is 13.7. The second-order valence-corrected chi connectivity index (χ2v) is 8.73. The van der Waals surface area contributed by atoms with E-state index in [0.717, 1.165) is 24.2 Å². The number of anilines is 2. The Labute approximate surface area is 197 Å². The van der Waals surface area contributed by atoms with Crippen molar-refractivity contribution in [3.8, 4) is 11.8 Å². The van der Waals surface area contributed by atoms with Gasteiger partial charge in [0.25, 0.3) is 0 Å². The molecular weight excluding hydrogens is 446 g/mol. The Kier molecular flexibility index (Phi) is 7.47. The normalized spacial score (nSPS) is 18.7. The number of carbonyl (C=O) groups excluding carboxylic acids is 1. The number of nitrogens with one attached hydrogen (secondary N) is 1. The number of halogens is 2. The molecule has 1 aromatic carbocycles. The van der Waals surface area contributed by atoms with Crippen molar-refractivity contribution < 1.29 is 27.8 Å². The lowest BCUT2D eigenvalue weighted by atomic mass is 9.99. The van der Waals surface area contributed by atoms with Crippen LogP contribution in [0.3, 0.4) is 0 Å². The van der Waals surface area contributed by atoms with E-state index in [1.165, 1.54) is 19.2 Å². The number of likely N-dealkylation sites (tertiary alicyclic amines) is 1. The molecular formula is C24H30F2N4O4. The number of hydrogen-bond donors (Lipinski definition) is 1. The minimum atomic E-state index is -3.10. The zero-order chi connectivity index (χ0) is 24.2. The van der Waals surface area contributed by atoms with E-state index in [2.05, 4.69) is 33.8 Å². The lowest BCUT2D eigenvalue weighted by Crippen LogP contribution is -2.50. The SMILES string of the molecule is COc1ccc(NC(=O)N(c2ccccc2C(C)C)C2CCN(C3COC3)C2)c(OC(F)F)n1. The van der Waals surface area contributed by atoms with Gasteiger partial charge >= 0.3 is 12.6 Å². The molecule has 10 heteroatoms. The van der Waals surface area contributed by atoms with Crippen molar-refractivity contribution in [3.05, 3.63) is 42.0 Å². The van der Waals surface area contributed by atoms with Crippen LogP contribution < -0.4 is 19.7 Å². The molecule has 2 aliphatic heterocycles. The fourth-order valence-electron chi connectivity index (χ4n) is 4.39. The molecule has 1 aromatic heterocycles. The van der Waals surface area contributed by atoms with Crippen molar-refractivity contribution in [2.75, 3.05) is 43.6 Å². The summed E-state index contributed by atoms with van der Waals surface area (Å²) in [5.74, 6) is -0.117. The summed E-state index contributed by atoms with van der Waals surface area (Å²) in [6.45, 7) is 4.01. The van der Waals surface area contributed by atoms with E-state index in [1.807, 2.05) is 24.3 Å². The monoisotopic (exact) mass is 476 g/mol. The largest absolute Gasteiger partial charge is 0.481 e. The Bertz CT molecular complexity index is 1000. The van der Waals surface area contributed by atoms with Gasteiger partial charge < -0.3 is 19.5 Å². The maximum absolute atomic E-state index is 13.7. The van der Waals surface area contributed by atoms with Crippen molar-refractivity contribution in [3.63, 3.8) is 0 Å². The van der Waals surface area contributed by atoms with Gasteiger partial charge in [-0.3, -0.25) is 9.80 Å². The summed E-state index contributed by atoms with van der Waals surface area (Å²) >= 11 is 0. The van der Waals surface area contributed by atoms with Gasteiger partial charge in [-0.2, -0.15) is 13.8 Å². The number of hydrogen-bond acceptors (Lipinski definition) is 6. The van der Waals surface area contributed by atoms with Crippen LogP contribution in [0, 0.1) is 0 Å². The molecule has 0 bridgehead atoms. The number of pyridine rings is 1. The number of amides is 2. The van der Waals surface area contributed by atoms with Crippen LogP contribution in [0.4, 0.5) is 25.0 Å². The zero-order valence-corrected chi connectivity index (χ0v) is 19.5. The highest BCUT2D eigenvalue weighted by molar-refractivity contribution is 6.03.